The predicted molar refractivity (Wildman–Crippen MR) is 89.6 cm³/mol. The molecule has 0 bridgehead atoms. The second-order valence-electron chi connectivity index (χ2n) is 5.37. The first-order valence-electron chi connectivity index (χ1n) is 7.31. The van der Waals surface area contributed by atoms with Crippen molar-refractivity contribution in [3.8, 4) is 11.5 Å². The van der Waals surface area contributed by atoms with Crippen molar-refractivity contribution >= 4 is 23.1 Å². The van der Waals surface area contributed by atoms with Crippen LogP contribution in [0.1, 0.15) is 22.0 Å². The van der Waals surface area contributed by atoms with Crippen LogP contribution in [0.15, 0.2) is 36.4 Å². The van der Waals surface area contributed by atoms with Crippen molar-refractivity contribution in [1.82, 2.24) is 0 Å². The Hall–Kier alpha value is -2.64. The van der Waals surface area contributed by atoms with E-state index in [1.165, 1.54) is 26.4 Å². The number of nitro groups is 1. The third-order valence-electron chi connectivity index (χ3n) is 3.91. The van der Waals surface area contributed by atoms with Gasteiger partial charge in [0.05, 0.1) is 25.2 Å². The quantitative estimate of drug-likeness (QED) is 0.337. The number of methoxy groups -OCH3 is 2. The van der Waals surface area contributed by atoms with Gasteiger partial charge in [-0.05, 0) is 17.7 Å². The van der Waals surface area contributed by atoms with Gasteiger partial charge in [-0.15, -0.1) is 0 Å². The summed E-state index contributed by atoms with van der Waals surface area (Å²) in [5.74, 6) is -0.0653. The highest BCUT2D eigenvalue weighted by Gasteiger charge is 2.48. The summed E-state index contributed by atoms with van der Waals surface area (Å²) in [6, 6.07) is 9.37. The van der Waals surface area contributed by atoms with Gasteiger partial charge in [-0.1, -0.05) is 23.7 Å². The Labute approximate surface area is 148 Å². The van der Waals surface area contributed by atoms with Crippen LogP contribution in [0.3, 0.4) is 0 Å². The molecule has 0 unspecified atom stereocenters. The summed E-state index contributed by atoms with van der Waals surface area (Å²) in [4.78, 5) is 23.4. The molecule has 1 aliphatic rings. The first-order valence-corrected chi connectivity index (χ1v) is 7.69. The lowest BCUT2D eigenvalue weighted by Crippen LogP contribution is -2.11. The Morgan fingerprint density at radius 3 is 2.32 bits per heavy atom. The Kier molecular flexibility index (Phi) is 4.61. The molecular weight excluding hydrogens is 350 g/mol. The molecule has 25 heavy (non-hydrogen) atoms. The summed E-state index contributed by atoms with van der Waals surface area (Å²) >= 11 is 5.84. The summed E-state index contributed by atoms with van der Waals surface area (Å²) in [6.45, 7) is 0. The third kappa shape index (κ3) is 3.29. The zero-order valence-corrected chi connectivity index (χ0v) is 14.1. The zero-order valence-electron chi connectivity index (χ0n) is 13.4. The number of rotatable bonds is 6. The number of halogens is 1. The van der Waals surface area contributed by atoms with Crippen molar-refractivity contribution in [3.05, 3.63) is 62.7 Å². The largest absolute Gasteiger partial charge is 0.493 e. The average Bonchev–Trinajstić information content (AvgIpc) is 3.41. The van der Waals surface area contributed by atoms with E-state index in [1.807, 2.05) is 0 Å². The number of hydrogen-bond acceptors (Lipinski definition) is 6. The van der Waals surface area contributed by atoms with Crippen LogP contribution in [-0.2, 0) is 4.74 Å². The fraction of sp³-hybridized carbons (Fsp3) is 0.235. The molecule has 2 aromatic rings. The number of Topliss-reactive ketones (excluding diaryl/α,β-unsaturated/α-hetero) is 1. The minimum atomic E-state index is -0.780. The van der Waals surface area contributed by atoms with Gasteiger partial charge in [0.25, 0.3) is 5.69 Å². The summed E-state index contributed by atoms with van der Waals surface area (Å²) in [6.07, 6.45) is -1.23. The van der Waals surface area contributed by atoms with E-state index in [0.717, 1.165) is 5.56 Å². The molecule has 8 heteroatoms. The molecule has 0 aromatic heterocycles. The monoisotopic (exact) mass is 363 g/mol. The van der Waals surface area contributed by atoms with Crippen LogP contribution in [0.2, 0.25) is 5.02 Å². The summed E-state index contributed by atoms with van der Waals surface area (Å²) < 4.78 is 15.6. The number of ketones is 1. The van der Waals surface area contributed by atoms with Crippen molar-refractivity contribution in [1.29, 1.82) is 0 Å². The minimum absolute atomic E-state index is 0.0795. The van der Waals surface area contributed by atoms with Crippen molar-refractivity contribution in [2.45, 2.75) is 12.2 Å². The van der Waals surface area contributed by atoms with E-state index in [9.17, 15) is 14.9 Å². The molecular formula is C17H14ClNO6. The molecule has 1 saturated heterocycles. The summed E-state index contributed by atoms with van der Waals surface area (Å²) in [5, 5.41) is 11.9. The molecule has 0 saturated carbocycles. The van der Waals surface area contributed by atoms with Crippen LogP contribution in [-0.4, -0.2) is 31.0 Å². The van der Waals surface area contributed by atoms with E-state index in [0.29, 0.717) is 5.02 Å². The van der Waals surface area contributed by atoms with Crippen LogP contribution in [0.4, 0.5) is 5.69 Å². The SMILES string of the molecule is COc1cc(C(=O)[C@H]2O[C@@H]2c2ccc(Cl)cc2)c([N+](=O)[O-])cc1OC. The maximum atomic E-state index is 12.7. The number of benzene rings is 2. The van der Waals surface area contributed by atoms with Crippen molar-refractivity contribution < 1.29 is 23.9 Å². The van der Waals surface area contributed by atoms with Crippen LogP contribution >= 0.6 is 11.6 Å². The molecule has 1 heterocycles. The lowest BCUT2D eigenvalue weighted by atomic mass is 10.0. The average molecular weight is 364 g/mol. The molecule has 7 nitrogen and oxygen atoms in total. The van der Waals surface area contributed by atoms with E-state index in [-0.39, 0.29) is 22.7 Å². The maximum absolute atomic E-state index is 12.7. The third-order valence-corrected chi connectivity index (χ3v) is 4.16. The van der Waals surface area contributed by atoms with E-state index < -0.39 is 22.9 Å². The zero-order chi connectivity index (χ0) is 18.1. The summed E-state index contributed by atoms with van der Waals surface area (Å²) in [5.41, 5.74) is 0.350. The van der Waals surface area contributed by atoms with E-state index in [1.54, 1.807) is 24.3 Å². The molecule has 0 amide bonds. The van der Waals surface area contributed by atoms with Crippen molar-refractivity contribution in [2.24, 2.45) is 0 Å². The molecule has 0 aliphatic carbocycles. The van der Waals surface area contributed by atoms with Gasteiger partial charge in [-0.3, -0.25) is 14.9 Å². The molecule has 1 aliphatic heterocycles. The lowest BCUT2D eigenvalue weighted by Gasteiger charge is -2.09. The Morgan fingerprint density at radius 1 is 1.16 bits per heavy atom. The predicted octanol–water partition coefficient (Wildman–Crippen LogP) is 3.59. The number of epoxide rings is 1. The van der Waals surface area contributed by atoms with Gasteiger partial charge in [0.15, 0.2) is 17.6 Å². The maximum Gasteiger partial charge on any atom is 0.284 e. The molecule has 3 rings (SSSR count). The number of nitrogens with zero attached hydrogens (tertiary/aromatic N) is 1. The number of hydrogen-bond donors (Lipinski definition) is 0. The summed E-state index contributed by atoms with van der Waals surface area (Å²) in [7, 11) is 2.76. The van der Waals surface area contributed by atoms with Crippen molar-refractivity contribution in [2.75, 3.05) is 14.2 Å². The molecule has 0 spiro atoms. The minimum Gasteiger partial charge on any atom is -0.493 e. The molecule has 0 N–H and O–H groups in total. The van der Waals surface area contributed by atoms with Crippen LogP contribution in [0.5, 0.6) is 11.5 Å². The van der Waals surface area contributed by atoms with Crippen molar-refractivity contribution in [3.63, 3.8) is 0 Å². The number of carbonyl (C=O) groups is 1. The Balaban J connectivity index is 1.92. The second kappa shape index (κ2) is 6.70. The molecule has 1 fully saturated rings. The van der Waals surface area contributed by atoms with E-state index in [4.69, 9.17) is 25.8 Å². The number of nitro benzene ring substituents is 1. The smallest absolute Gasteiger partial charge is 0.284 e. The van der Waals surface area contributed by atoms with Gasteiger partial charge >= 0.3 is 0 Å². The first-order chi connectivity index (χ1) is 12.0. The van der Waals surface area contributed by atoms with Gasteiger partial charge < -0.3 is 14.2 Å². The Morgan fingerprint density at radius 2 is 1.76 bits per heavy atom. The second-order valence-corrected chi connectivity index (χ2v) is 5.81. The first kappa shape index (κ1) is 17.2. The fourth-order valence-corrected chi connectivity index (χ4v) is 2.71. The van der Waals surface area contributed by atoms with Gasteiger partial charge in [0.2, 0.25) is 5.78 Å². The lowest BCUT2D eigenvalue weighted by molar-refractivity contribution is -0.385. The normalized spacial score (nSPS) is 18.5. The van der Waals surface area contributed by atoms with E-state index in [2.05, 4.69) is 0 Å². The Bertz CT molecular complexity index is 836. The van der Waals surface area contributed by atoms with Gasteiger partial charge in [-0.2, -0.15) is 0 Å². The molecule has 130 valence electrons. The standard InChI is InChI=1S/C17H14ClNO6/c1-23-13-7-11(12(19(21)22)8-14(13)24-2)15(20)17-16(25-17)9-3-5-10(18)6-4-9/h3-8,16-17H,1-2H3/t16-,17-/m1/s1. The number of ether oxygens (including phenoxy) is 3. The van der Waals surface area contributed by atoms with E-state index >= 15 is 0 Å². The highest BCUT2D eigenvalue weighted by atomic mass is 35.5. The molecule has 2 atom stereocenters. The molecule has 0 radical (unpaired) electrons. The fourth-order valence-electron chi connectivity index (χ4n) is 2.59. The van der Waals surface area contributed by atoms with Gasteiger partial charge in [0, 0.05) is 11.1 Å². The van der Waals surface area contributed by atoms with Crippen LogP contribution in [0.25, 0.3) is 0 Å². The highest BCUT2D eigenvalue weighted by molar-refractivity contribution is 6.30. The number of carbonyl (C=O) groups excluding carboxylic acids is 1. The van der Waals surface area contributed by atoms with Crippen LogP contribution in [0, 0.1) is 10.1 Å². The van der Waals surface area contributed by atoms with Gasteiger partial charge in [0.1, 0.15) is 11.7 Å². The van der Waals surface area contributed by atoms with Crippen LogP contribution < -0.4 is 9.47 Å². The topological polar surface area (TPSA) is 91.2 Å². The highest BCUT2D eigenvalue weighted by Crippen LogP contribution is 2.43. The molecule has 2 aromatic carbocycles. The van der Waals surface area contributed by atoms with Gasteiger partial charge in [-0.25, -0.2) is 0 Å².